The maximum absolute atomic E-state index is 11.9. The molecule has 22 heavy (non-hydrogen) atoms. The van der Waals surface area contributed by atoms with Crippen LogP contribution in [0.25, 0.3) is 22.9 Å². The van der Waals surface area contributed by atoms with Gasteiger partial charge in [-0.05, 0) is 29.2 Å². The SMILES string of the molecule is O=c1oc(/C=C/C=C/c2ccccc2)cc2cccc(O)c12. The molecule has 3 nitrogen and oxygen atoms in total. The quantitative estimate of drug-likeness (QED) is 0.734. The van der Waals surface area contributed by atoms with E-state index in [4.69, 9.17) is 4.42 Å². The molecule has 0 aliphatic heterocycles. The lowest BCUT2D eigenvalue weighted by Gasteiger charge is -1.99. The monoisotopic (exact) mass is 290 g/mol. The normalized spacial score (nSPS) is 11.6. The van der Waals surface area contributed by atoms with E-state index >= 15 is 0 Å². The van der Waals surface area contributed by atoms with Gasteiger partial charge in [-0.3, -0.25) is 0 Å². The Morgan fingerprint density at radius 2 is 1.68 bits per heavy atom. The first-order valence-electron chi connectivity index (χ1n) is 6.90. The number of hydrogen-bond acceptors (Lipinski definition) is 3. The van der Waals surface area contributed by atoms with Crippen LogP contribution >= 0.6 is 0 Å². The van der Waals surface area contributed by atoms with Gasteiger partial charge in [-0.2, -0.15) is 0 Å². The molecule has 2 aromatic carbocycles. The summed E-state index contributed by atoms with van der Waals surface area (Å²) in [7, 11) is 0. The second-order valence-corrected chi connectivity index (χ2v) is 4.81. The molecule has 0 fully saturated rings. The number of phenolic OH excluding ortho intramolecular Hbond substituents is 1. The minimum Gasteiger partial charge on any atom is -0.507 e. The van der Waals surface area contributed by atoms with Gasteiger partial charge in [0.15, 0.2) is 0 Å². The van der Waals surface area contributed by atoms with Crippen molar-refractivity contribution in [2.24, 2.45) is 0 Å². The van der Waals surface area contributed by atoms with Crippen LogP contribution in [0.1, 0.15) is 11.3 Å². The molecule has 0 spiro atoms. The largest absolute Gasteiger partial charge is 0.507 e. The number of phenols is 1. The van der Waals surface area contributed by atoms with E-state index in [0.29, 0.717) is 11.1 Å². The molecule has 1 N–H and O–H groups in total. The van der Waals surface area contributed by atoms with Crippen LogP contribution in [0.5, 0.6) is 5.75 Å². The van der Waals surface area contributed by atoms with Crippen molar-refractivity contribution in [1.29, 1.82) is 0 Å². The van der Waals surface area contributed by atoms with Crippen LogP contribution in [0.15, 0.2) is 76.0 Å². The van der Waals surface area contributed by atoms with E-state index in [0.717, 1.165) is 5.56 Å². The van der Waals surface area contributed by atoms with Crippen LogP contribution in [-0.2, 0) is 0 Å². The molecule has 0 saturated carbocycles. The zero-order valence-corrected chi connectivity index (χ0v) is 11.8. The van der Waals surface area contributed by atoms with Crippen molar-refractivity contribution < 1.29 is 9.52 Å². The molecule has 0 amide bonds. The third kappa shape index (κ3) is 2.99. The Labute approximate surface area is 127 Å². The maximum Gasteiger partial charge on any atom is 0.347 e. The van der Waals surface area contributed by atoms with Crippen LogP contribution in [0.3, 0.4) is 0 Å². The van der Waals surface area contributed by atoms with Crippen molar-refractivity contribution in [3.63, 3.8) is 0 Å². The molecule has 0 aliphatic rings. The average Bonchev–Trinajstić information content (AvgIpc) is 2.52. The van der Waals surface area contributed by atoms with Gasteiger partial charge in [0.2, 0.25) is 0 Å². The van der Waals surface area contributed by atoms with Crippen molar-refractivity contribution >= 4 is 22.9 Å². The Morgan fingerprint density at radius 3 is 2.50 bits per heavy atom. The lowest BCUT2D eigenvalue weighted by atomic mass is 10.1. The highest BCUT2D eigenvalue weighted by Crippen LogP contribution is 2.21. The van der Waals surface area contributed by atoms with Gasteiger partial charge in [0.1, 0.15) is 16.9 Å². The van der Waals surface area contributed by atoms with Crippen molar-refractivity contribution in [3.05, 3.63) is 88.5 Å². The lowest BCUT2D eigenvalue weighted by Crippen LogP contribution is -2.00. The molecule has 3 heteroatoms. The molecule has 0 atom stereocenters. The summed E-state index contributed by atoms with van der Waals surface area (Å²) < 4.78 is 5.19. The van der Waals surface area contributed by atoms with Gasteiger partial charge < -0.3 is 9.52 Å². The van der Waals surface area contributed by atoms with Gasteiger partial charge in [-0.25, -0.2) is 4.79 Å². The van der Waals surface area contributed by atoms with Crippen LogP contribution in [-0.4, -0.2) is 5.11 Å². The number of fused-ring (bicyclic) bond motifs is 1. The van der Waals surface area contributed by atoms with Gasteiger partial charge in [0.25, 0.3) is 0 Å². The first kappa shape index (κ1) is 13.9. The van der Waals surface area contributed by atoms with Crippen molar-refractivity contribution in [2.45, 2.75) is 0 Å². The van der Waals surface area contributed by atoms with Crippen molar-refractivity contribution in [1.82, 2.24) is 0 Å². The molecule has 0 aliphatic carbocycles. The summed E-state index contributed by atoms with van der Waals surface area (Å²) in [6, 6.07) is 16.6. The Hall–Kier alpha value is -3.07. The Morgan fingerprint density at radius 1 is 0.909 bits per heavy atom. The van der Waals surface area contributed by atoms with E-state index < -0.39 is 5.63 Å². The highest BCUT2D eigenvalue weighted by molar-refractivity contribution is 5.87. The predicted octanol–water partition coefficient (Wildman–Crippen LogP) is 4.23. The highest BCUT2D eigenvalue weighted by Gasteiger charge is 2.06. The van der Waals surface area contributed by atoms with Crippen LogP contribution in [0, 0.1) is 0 Å². The molecular formula is C19H14O3. The summed E-state index contributed by atoms with van der Waals surface area (Å²) in [6.45, 7) is 0. The molecule has 1 heterocycles. The molecule has 0 bridgehead atoms. The summed E-state index contributed by atoms with van der Waals surface area (Å²) in [5, 5.41) is 10.6. The van der Waals surface area contributed by atoms with Gasteiger partial charge in [0, 0.05) is 0 Å². The Bertz CT molecular complexity index is 903. The minimum absolute atomic E-state index is 0.0641. The fourth-order valence-electron chi connectivity index (χ4n) is 2.20. The molecule has 108 valence electrons. The molecule has 3 rings (SSSR count). The maximum atomic E-state index is 11.9. The summed E-state index contributed by atoms with van der Waals surface area (Å²) in [5.74, 6) is 0.381. The third-order valence-corrected chi connectivity index (χ3v) is 3.25. The highest BCUT2D eigenvalue weighted by atomic mass is 16.4. The summed E-state index contributed by atoms with van der Waals surface area (Å²) in [6.07, 6.45) is 7.35. The Balaban J connectivity index is 1.87. The van der Waals surface area contributed by atoms with E-state index in [-0.39, 0.29) is 11.1 Å². The number of benzene rings is 2. The van der Waals surface area contributed by atoms with E-state index in [1.807, 2.05) is 42.5 Å². The smallest absolute Gasteiger partial charge is 0.347 e. The molecule has 0 unspecified atom stereocenters. The summed E-state index contributed by atoms with van der Waals surface area (Å²) >= 11 is 0. The third-order valence-electron chi connectivity index (χ3n) is 3.25. The van der Waals surface area contributed by atoms with Crippen molar-refractivity contribution in [2.75, 3.05) is 0 Å². The number of allylic oxidation sites excluding steroid dienone is 2. The first-order valence-corrected chi connectivity index (χ1v) is 6.90. The van der Waals surface area contributed by atoms with E-state index in [1.165, 1.54) is 6.07 Å². The fraction of sp³-hybridized carbons (Fsp3) is 0. The zero-order valence-electron chi connectivity index (χ0n) is 11.8. The standard InChI is InChI=1S/C19H14O3/c20-17-12-6-10-15-13-16(22-19(21)18(15)17)11-5-4-9-14-7-2-1-3-8-14/h1-13,20H/b9-4+,11-5+. The molecule has 1 aromatic heterocycles. The van der Waals surface area contributed by atoms with Crippen LogP contribution < -0.4 is 5.63 Å². The van der Waals surface area contributed by atoms with Crippen molar-refractivity contribution in [3.8, 4) is 5.75 Å². The lowest BCUT2D eigenvalue weighted by molar-refractivity contribution is 0.472. The van der Waals surface area contributed by atoms with Crippen LogP contribution in [0.2, 0.25) is 0 Å². The van der Waals surface area contributed by atoms with Crippen LogP contribution in [0.4, 0.5) is 0 Å². The average molecular weight is 290 g/mol. The van der Waals surface area contributed by atoms with E-state index in [1.54, 1.807) is 30.4 Å². The summed E-state index contributed by atoms with van der Waals surface area (Å²) in [5.41, 5.74) is 0.555. The van der Waals surface area contributed by atoms with E-state index in [2.05, 4.69) is 0 Å². The summed E-state index contributed by atoms with van der Waals surface area (Å²) in [4.78, 5) is 11.9. The zero-order chi connectivity index (χ0) is 15.4. The van der Waals surface area contributed by atoms with Gasteiger partial charge in [0.05, 0.1) is 0 Å². The predicted molar refractivity (Wildman–Crippen MR) is 88.7 cm³/mol. The molecule has 0 saturated heterocycles. The Kier molecular flexibility index (Phi) is 3.88. The van der Waals surface area contributed by atoms with E-state index in [9.17, 15) is 9.90 Å². The second kappa shape index (κ2) is 6.14. The number of rotatable bonds is 3. The van der Waals surface area contributed by atoms with Gasteiger partial charge in [-0.15, -0.1) is 0 Å². The second-order valence-electron chi connectivity index (χ2n) is 4.81. The first-order chi connectivity index (χ1) is 10.7. The topological polar surface area (TPSA) is 50.4 Å². The fourth-order valence-corrected chi connectivity index (χ4v) is 2.20. The molecule has 0 radical (unpaired) electrons. The number of hydrogen-bond donors (Lipinski definition) is 1. The molecular weight excluding hydrogens is 276 g/mol. The minimum atomic E-state index is -0.540. The van der Waals surface area contributed by atoms with Gasteiger partial charge in [-0.1, -0.05) is 60.7 Å². The number of aromatic hydroxyl groups is 1. The van der Waals surface area contributed by atoms with Gasteiger partial charge >= 0.3 is 5.63 Å². The molecule has 3 aromatic rings.